The zero-order valence-corrected chi connectivity index (χ0v) is 15.8. The molecule has 0 spiro atoms. The van der Waals surface area contributed by atoms with E-state index in [1.54, 1.807) is 12.2 Å². The molecule has 0 aromatic heterocycles. The third-order valence-corrected chi connectivity index (χ3v) is 2.74. The third kappa shape index (κ3) is 17.9. The van der Waals surface area contributed by atoms with Crippen molar-refractivity contribution < 1.29 is 4.79 Å². The first kappa shape index (κ1) is 26.8. The molecule has 2 amide bonds. The van der Waals surface area contributed by atoms with Crippen LogP contribution in [0.4, 0.5) is 4.79 Å². The molecule has 24 heavy (non-hydrogen) atoms. The van der Waals surface area contributed by atoms with Crippen LogP contribution in [-0.4, -0.2) is 33.2 Å². The second kappa shape index (κ2) is 23.2. The molecule has 0 saturated carbocycles. The van der Waals surface area contributed by atoms with Crippen molar-refractivity contribution >= 4 is 6.03 Å². The van der Waals surface area contributed by atoms with Crippen LogP contribution in [0.25, 0.3) is 0 Å². The van der Waals surface area contributed by atoms with Gasteiger partial charge in [-0.05, 0) is 46.4 Å². The van der Waals surface area contributed by atoms with Gasteiger partial charge in [0, 0.05) is 13.1 Å². The minimum atomic E-state index is -0.136. The SMILES string of the molecule is C=C/C=C(\C=C)CCNC(=O)NCCC(/C=C\C)=C/C.CN.CN. The van der Waals surface area contributed by atoms with Crippen LogP contribution < -0.4 is 22.1 Å². The van der Waals surface area contributed by atoms with Gasteiger partial charge in [0.1, 0.15) is 0 Å². The van der Waals surface area contributed by atoms with Gasteiger partial charge in [-0.2, -0.15) is 0 Å². The van der Waals surface area contributed by atoms with Gasteiger partial charge in [0.2, 0.25) is 0 Å². The predicted octanol–water partition coefficient (Wildman–Crippen LogP) is 3.04. The van der Waals surface area contributed by atoms with Crippen molar-refractivity contribution in [2.45, 2.75) is 26.7 Å². The summed E-state index contributed by atoms with van der Waals surface area (Å²) in [5.74, 6) is 0. The number of carbonyl (C=O) groups excluding carboxylic acids is 1. The van der Waals surface area contributed by atoms with Crippen molar-refractivity contribution in [1.82, 2.24) is 10.6 Å². The van der Waals surface area contributed by atoms with Gasteiger partial charge in [0.25, 0.3) is 0 Å². The van der Waals surface area contributed by atoms with Gasteiger partial charge in [-0.1, -0.05) is 55.2 Å². The van der Waals surface area contributed by atoms with E-state index in [9.17, 15) is 4.79 Å². The highest BCUT2D eigenvalue weighted by molar-refractivity contribution is 5.73. The lowest BCUT2D eigenvalue weighted by Crippen LogP contribution is -2.36. The van der Waals surface area contributed by atoms with E-state index in [1.807, 2.05) is 26.0 Å². The Morgan fingerprint density at radius 2 is 1.46 bits per heavy atom. The van der Waals surface area contributed by atoms with Crippen LogP contribution >= 0.6 is 0 Å². The van der Waals surface area contributed by atoms with Gasteiger partial charge in [0.05, 0.1) is 0 Å². The van der Waals surface area contributed by atoms with Crippen molar-refractivity contribution in [3.8, 4) is 0 Å². The van der Waals surface area contributed by atoms with Gasteiger partial charge in [-0.25, -0.2) is 4.79 Å². The van der Waals surface area contributed by atoms with Crippen molar-refractivity contribution in [1.29, 1.82) is 0 Å². The second-order valence-electron chi connectivity index (χ2n) is 4.23. The molecule has 0 bridgehead atoms. The largest absolute Gasteiger partial charge is 0.338 e. The zero-order valence-electron chi connectivity index (χ0n) is 15.8. The number of nitrogens with one attached hydrogen (secondary N) is 2. The van der Waals surface area contributed by atoms with Crippen molar-refractivity contribution in [3.63, 3.8) is 0 Å². The predicted molar refractivity (Wildman–Crippen MR) is 108 cm³/mol. The Kier molecular flexibility index (Phi) is 25.8. The summed E-state index contributed by atoms with van der Waals surface area (Å²) in [4.78, 5) is 11.6. The molecule has 6 N–H and O–H groups in total. The van der Waals surface area contributed by atoms with Gasteiger partial charge in [0.15, 0.2) is 0 Å². The van der Waals surface area contributed by atoms with E-state index in [4.69, 9.17) is 0 Å². The lowest BCUT2D eigenvalue weighted by atomic mass is 10.1. The highest BCUT2D eigenvalue weighted by atomic mass is 16.2. The number of rotatable bonds is 9. The number of carbonyl (C=O) groups is 1. The van der Waals surface area contributed by atoms with E-state index < -0.39 is 0 Å². The Morgan fingerprint density at radius 1 is 0.958 bits per heavy atom. The maximum Gasteiger partial charge on any atom is 0.314 e. The lowest BCUT2D eigenvalue weighted by molar-refractivity contribution is 0.241. The van der Waals surface area contributed by atoms with Gasteiger partial charge in [-0.15, -0.1) is 0 Å². The molecule has 0 aliphatic carbocycles. The molecule has 0 unspecified atom stereocenters. The molecule has 0 aromatic rings. The van der Waals surface area contributed by atoms with Crippen molar-refractivity contribution in [3.05, 3.63) is 60.8 Å². The highest BCUT2D eigenvalue weighted by Crippen LogP contribution is 2.02. The summed E-state index contributed by atoms with van der Waals surface area (Å²) in [6.45, 7) is 12.6. The summed E-state index contributed by atoms with van der Waals surface area (Å²) in [6.07, 6.45) is 13.1. The molecule has 0 aromatic carbocycles. The Labute approximate surface area is 148 Å². The van der Waals surface area contributed by atoms with Gasteiger partial charge in [-0.3, -0.25) is 0 Å². The molecular weight excluding hydrogens is 300 g/mol. The first-order valence-corrected chi connectivity index (χ1v) is 8.07. The minimum Gasteiger partial charge on any atom is -0.338 e. The molecule has 0 atom stereocenters. The number of urea groups is 1. The van der Waals surface area contributed by atoms with Gasteiger partial charge < -0.3 is 22.1 Å². The molecular formula is C19H36N4O. The number of nitrogens with two attached hydrogens (primary N) is 2. The topological polar surface area (TPSA) is 93.2 Å². The van der Waals surface area contributed by atoms with E-state index >= 15 is 0 Å². The van der Waals surface area contributed by atoms with E-state index in [0.29, 0.717) is 13.1 Å². The van der Waals surface area contributed by atoms with Crippen LogP contribution in [0.2, 0.25) is 0 Å². The summed E-state index contributed by atoms with van der Waals surface area (Å²) in [5.41, 5.74) is 11.3. The Morgan fingerprint density at radius 3 is 1.83 bits per heavy atom. The fourth-order valence-corrected chi connectivity index (χ4v) is 1.65. The average molecular weight is 337 g/mol. The molecule has 0 aliphatic heterocycles. The van der Waals surface area contributed by atoms with E-state index in [0.717, 1.165) is 18.4 Å². The average Bonchev–Trinajstić information content (AvgIpc) is 2.63. The quantitative estimate of drug-likeness (QED) is 0.488. The molecule has 0 rings (SSSR count). The van der Waals surface area contributed by atoms with E-state index in [1.165, 1.54) is 19.7 Å². The molecule has 0 radical (unpaired) electrons. The van der Waals surface area contributed by atoms with Crippen molar-refractivity contribution in [2.75, 3.05) is 27.2 Å². The summed E-state index contributed by atoms with van der Waals surface area (Å²) < 4.78 is 0. The van der Waals surface area contributed by atoms with Gasteiger partial charge >= 0.3 is 6.03 Å². The summed E-state index contributed by atoms with van der Waals surface area (Å²) in [7, 11) is 3.00. The van der Waals surface area contributed by atoms with E-state index in [-0.39, 0.29) is 6.03 Å². The Bertz CT molecular complexity index is 410. The summed E-state index contributed by atoms with van der Waals surface area (Å²) in [6, 6.07) is -0.136. The monoisotopic (exact) mass is 336 g/mol. The maximum atomic E-state index is 11.6. The smallest absolute Gasteiger partial charge is 0.314 e. The van der Waals surface area contributed by atoms with Crippen LogP contribution in [0.5, 0.6) is 0 Å². The molecule has 5 nitrogen and oxygen atoms in total. The van der Waals surface area contributed by atoms with Crippen LogP contribution in [0.3, 0.4) is 0 Å². The fourth-order valence-electron chi connectivity index (χ4n) is 1.65. The van der Waals surface area contributed by atoms with Crippen LogP contribution in [0.1, 0.15) is 26.7 Å². The number of hydrogen-bond donors (Lipinski definition) is 4. The molecule has 138 valence electrons. The Hall–Kier alpha value is -2.11. The normalized spacial score (nSPS) is 10.8. The number of allylic oxidation sites excluding steroid dienone is 6. The zero-order chi connectivity index (χ0) is 19.2. The first-order chi connectivity index (χ1) is 11.7. The first-order valence-electron chi connectivity index (χ1n) is 8.07. The second-order valence-corrected chi connectivity index (χ2v) is 4.23. The number of hydrogen-bond acceptors (Lipinski definition) is 3. The maximum absolute atomic E-state index is 11.6. The molecule has 0 saturated heterocycles. The van der Waals surface area contributed by atoms with E-state index in [2.05, 4.69) is 47.4 Å². The third-order valence-electron chi connectivity index (χ3n) is 2.74. The van der Waals surface area contributed by atoms with Crippen LogP contribution in [0.15, 0.2) is 60.8 Å². The molecule has 0 fully saturated rings. The fraction of sp³-hybridized carbons (Fsp3) is 0.421. The number of amides is 2. The summed E-state index contributed by atoms with van der Waals surface area (Å²) >= 11 is 0. The highest BCUT2D eigenvalue weighted by Gasteiger charge is 1.99. The molecule has 0 aliphatic rings. The van der Waals surface area contributed by atoms with Crippen molar-refractivity contribution in [2.24, 2.45) is 11.5 Å². The van der Waals surface area contributed by atoms with Crippen LogP contribution in [0, 0.1) is 0 Å². The summed E-state index contributed by atoms with van der Waals surface area (Å²) in [5, 5.41) is 5.66. The van der Waals surface area contributed by atoms with Crippen LogP contribution in [-0.2, 0) is 0 Å². The molecule has 0 heterocycles. The lowest BCUT2D eigenvalue weighted by Gasteiger charge is -2.08. The minimum absolute atomic E-state index is 0.136. The standard InChI is InChI=1S/C17H26N2O.2CH5N/c1-5-9-15(7-3)11-13-18-17(20)19-14-12-16(8-4)10-6-2;2*1-2/h5-10H,1,3,11-14H2,2,4H3,(H2,18,19,20);2*2H2,1H3/b10-6-,15-9+,16-8+;;. The molecule has 5 heteroatoms. The Balaban J connectivity index is -0.00000102.